The molecule has 0 saturated heterocycles. The lowest BCUT2D eigenvalue weighted by atomic mass is 10.1. The number of amidine groups is 1. The first-order chi connectivity index (χ1) is 10.7. The number of amides is 1. The summed E-state index contributed by atoms with van der Waals surface area (Å²) in [6.07, 6.45) is 3.38. The third-order valence-electron chi connectivity index (χ3n) is 3.28. The van der Waals surface area contributed by atoms with Crippen LogP contribution in [0.1, 0.15) is 16.8 Å². The molecule has 2 heterocycles. The van der Waals surface area contributed by atoms with Crippen molar-refractivity contribution >= 4 is 17.8 Å². The van der Waals surface area contributed by atoms with Crippen LogP contribution in [0.4, 0.5) is 0 Å². The Morgan fingerprint density at radius 2 is 2.09 bits per heavy atom. The second kappa shape index (κ2) is 5.81. The van der Waals surface area contributed by atoms with Crippen LogP contribution >= 0.6 is 0 Å². The van der Waals surface area contributed by atoms with E-state index in [4.69, 9.17) is 4.74 Å². The zero-order valence-corrected chi connectivity index (χ0v) is 12.3. The summed E-state index contributed by atoms with van der Waals surface area (Å²) in [6, 6.07) is 11.2. The van der Waals surface area contributed by atoms with E-state index in [-0.39, 0.29) is 5.91 Å². The van der Waals surface area contributed by atoms with E-state index in [0.717, 1.165) is 11.1 Å². The topological polar surface area (TPSA) is 63.6 Å². The Balaban J connectivity index is 2.00. The standard InChI is InChI=1S/C17H15N3O2/c1-11-6-7-15(22-2)12(9-11)10-14-17(21)20-16(19-14)13-5-3-4-8-18-13/h3-10H,1-2H3,(H,19,20,21)/b14-10+. The molecule has 1 aliphatic rings. The number of rotatable bonds is 3. The van der Waals surface area contributed by atoms with Crippen LogP contribution in [0.5, 0.6) is 5.75 Å². The van der Waals surface area contributed by atoms with Crippen LogP contribution < -0.4 is 10.1 Å². The third-order valence-corrected chi connectivity index (χ3v) is 3.28. The summed E-state index contributed by atoms with van der Waals surface area (Å²) in [6.45, 7) is 1.98. The molecule has 0 bridgehead atoms. The molecule has 5 heteroatoms. The number of hydrogen-bond donors (Lipinski definition) is 1. The van der Waals surface area contributed by atoms with Crippen molar-refractivity contribution in [2.24, 2.45) is 4.99 Å². The van der Waals surface area contributed by atoms with Gasteiger partial charge in [0.1, 0.15) is 17.1 Å². The maximum atomic E-state index is 12.1. The number of ether oxygens (including phenoxy) is 1. The average molecular weight is 293 g/mol. The van der Waals surface area contributed by atoms with E-state index in [2.05, 4.69) is 15.3 Å². The summed E-state index contributed by atoms with van der Waals surface area (Å²) in [4.78, 5) is 20.6. The minimum atomic E-state index is -0.246. The van der Waals surface area contributed by atoms with E-state index < -0.39 is 0 Å². The first kappa shape index (κ1) is 14.0. The van der Waals surface area contributed by atoms with Gasteiger partial charge in [-0.15, -0.1) is 0 Å². The molecule has 2 aromatic rings. The van der Waals surface area contributed by atoms with Crippen molar-refractivity contribution in [1.29, 1.82) is 0 Å². The fourth-order valence-corrected chi connectivity index (χ4v) is 2.21. The van der Waals surface area contributed by atoms with Crippen LogP contribution in [-0.4, -0.2) is 23.8 Å². The van der Waals surface area contributed by atoms with Gasteiger partial charge in [0.05, 0.1) is 7.11 Å². The Morgan fingerprint density at radius 1 is 1.23 bits per heavy atom. The van der Waals surface area contributed by atoms with E-state index in [0.29, 0.717) is 23.0 Å². The molecular formula is C17H15N3O2. The van der Waals surface area contributed by atoms with Gasteiger partial charge in [0.25, 0.3) is 5.91 Å². The summed E-state index contributed by atoms with van der Waals surface area (Å²) < 4.78 is 5.32. The molecule has 0 fully saturated rings. The summed E-state index contributed by atoms with van der Waals surface area (Å²) in [7, 11) is 1.60. The molecule has 0 saturated carbocycles. The predicted molar refractivity (Wildman–Crippen MR) is 84.6 cm³/mol. The second-order valence-corrected chi connectivity index (χ2v) is 4.90. The van der Waals surface area contributed by atoms with E-state index in [1.165, 1.54) is 0 Å². The molecule has 0 spiro atoms. The highest BCUT2D eigenvalue weighted by atomic mass is 16.5. The fraction of sp³-hybridized carbons (Fsp3) is 0.118. The molecule has 110 valence electrons. The van der Waals surface area contributed by atoms with Crippen molar-refractivity contribution in [3.8, 4) is 5.75 Å². The normalized spacial score (nSPS) is 15.6. The first-order valence-corrected chi connectivity index (χ1v) is 6.85. The summed E-state index contributed by atoms with van der Waals surface area (Å²) in [5.41, 5.74) is 2.87. The Hall–Kier alpha value is -2.95. The fourth-order valence-electron chi connectivity index (χ4n) is 2.21. The molecule has 1 amide bonds. The number of carbonyl (C=O) groups excluding carboxylic acids is 1. The van der Waals surface area contributed by atoms with E-state index in [1.807, 2.05) is 37.3 Å². The van der Waals surface area contributed by atoms with E-state index in [9.17, 15) is 4.79 Å². The Bertz CT molecular complexity index is 780. The maximum absolute atomic E-state index is 12.1. The van der Waals surface area contributed by atoms with Crippen molar-refractivity contribution in [3.05, 3.63) is 65.1 Å². The number of nitrogens with one attached hydrogen (secondary N) is 1. The number of benzene rings is 1. The maximum Gasteiger partial charge on any atom is 0.275 e. The van der Waals surface area contributed by atoms with Crippen LogP contribution in [0.3, 0.4) is 0 Å². The molecule has 0 atom stereocenters. The molecule has 1 aromatic carbocycles. The van der Waals surface area contributed by atoms with Gasteiger partial charge in [-0.1, -0.05) is 17.7 Å². The van der Waals surface area contributed by atoms with Crippen molar-refractivity contribution in [1.82, 2.24) is 10.3 Å². The zero-order valence-electron chi connectivity index (χ0n) is 12.3. The Morgan fingerprint density at radius 3 is 2.82 bits per heavy atom. The molecule has 1 aromatic heterocycles. The number of hydrogen-bond acceptors (Lipinski definition) is 4. The number of pyridine rings is 1. The SMILES string of the molecule is COc1ccc(C)cc1/C=C1/N=C(c2ccccn2)NC1=O. The van der Waals surface area contributed by atoms with E-state index in [1.54, 1.807) is 25.4 Å². The highest BCUT2D eigenvalue weighted by Crippen LogP contribution is 2.24. The monoisotopic (exact) mass is 293 g/mol. The van der Waals surface area contributed by atoms with Crippen LogP contribution in [0.2, 0.25) is 0 Å². The predicted octanol–water partition coefficient (Wildman–Crippen LogP) is 2.32. The average Bonchev–Trinajstić information content (AvgIpc) is 2.90. The number of aliphatic imine (C=N–C) groups is 1. The largest absolute Gasteiger partial charge is 0.496 e. The second-order valence-electron chi connectivity index (χ2n) is 4.90. The van der Waals surface area contributed by atoms with Gasteiger partial charge < -0.3 is 10.1 Å². The number of methoxy groups -OCH3 is 1. The van der Waals surface area contributed by atoms with Gasteiger partial charge >= 0.3 is 0 Å². The summed E-state index contributed by atoms with van der Waals surface area (Å²) in [5, 5.41) is 2.73. The number of nitrogens with zero attached hydrogens (tertiary/aromatic N) is 2. The van der Waals surface area contributed by atoms with Gasteiger partial charge in [-0.25, -0.2) is 4.99 Å². The van der Waals surface area contributed by atoms with Crippen LogP contribution in [0, 0.1) is 6.92 Å². The number of aryl methyl sites for hydroxylation is 1. The van der Waals surface area contributed by atoms with Crippen molar-refractivity contribution in [2.75, 3.05) is 7.11 Å². The molecule has 0 radical (unpaired) electrons. The third kappa shape index (κ3) is 2.74. The molecular weight excluding hydrogens is 278 g/mol. The number of aromatic nitrogens is 1. The van der Waals surface area contributed by atoms with Crippen LogP contribution in [0.15, 0.2) is 53.3 Å². The number of carbonyl (C=O) groups is 1. The minimum absolute atomic E-state index is 0.246. The van der Waals surface area contributed by atoms with Gasteiger partial charge in [-0.3, -0.25) is 9.78 Å². The molecule has 0 aliphatic carbocycles. The lowest BCUT2D eigenvalue weighted by Gasteiger charge is -2.05. The minimum Gasteiger partial charge on any atom is -0.496 e. The molecule has 5 nitrogen and oxygen atoms in total. The van der Waals surface area contributed by atoms with Gasteiger partial charge in [-0.05, 0) is 37.3 Å². The molecule has 0 unspecified atom stereocenters. The van der Waals surface area contributed by atoms with Gasteiger partial charge in [0, 0.05) is 11.8 Å². The lowest BCUT2D eigenvalue weighted by Crippen LogP contribution is -2.25. The van der Waals surface area contributed by atoms with Gasteiger partial charge in [0.2, 0.25) is 0 Å². The van der Waals surface area contributed by atoms with E-state index >= 15 is 0 Å². The lowest BCUT2D eigenvalue weighted by molar-refractivity contribution is -0.115. The Labute approximate surface area is 128 Å². The van der Waals surface area contributed by atoms with Gasteiger partial charge in [-0.2, -0.15) is 0 Å². The van der Waals surface area contributed by atoms with Crippen molar-refractivity contribution < 1.29 is 9.53 Å². The van der Waals surface area contributed by atoms with Crippen molar-refractivity contribution in [3.63, 3.8) is 0 Å². The first-order valence-electron chi connectivity index (χ1n) is 6.85. The zero-order chi connectivity index (χ0) is 15.5. The highest BCUT2D eigenvalue weighted by Gasteiger charge is 2.22. The van der Waals surface area contributed by atoms with Crippen LogP contribution in [0.25, 0.3) is 6.08 Å². The summed E-state index contributed by atoms with van der Waals surface area (Å²) in [5.74, 6) is 0.917. The molecule has 1 N–H and O–H groups in total. The van der Waals surface area contributed by atoms with Gasteiger partial charge in [0.15, 0.2) is 5.84 Å². The molecule has 3 rings (SSSR count). The molecule has 22 heavy (non-hydrogen) atoms. The highest BCUT2D eigenvalue weighted by molar-refractivity contribution is 6.19. The van der Waals surface area contributed by atoms with Crippen molar-refractivity contribution in [2.45, 2.75) is 6.92 Å². The molecule has 1 aliphatic heterocycles. The van der Waals surface area contributed by atoms with Crippen LogP contribution in [-0.2, 0) is 4.79 Å². The Kier molecular flexibility index (Phi) is 3.70. The smallest absolute Gasteiger partial charge is 0.275 e. The summed E-state index contributed by atoms with van der Waals surface area (Å²) >= 11 is 0. The quantitative estimate of drug-likeness (QED) is 0.883.